The molecule has 6 heteroatoms. The van der Waals surface area contributed by atoms with Crippen LogP contribution in [0.2, 0.25) is 5.02 Å². The number of fused-ring (bicyclic) bond motifs is 3. The van der Waals surface area contributed by atoms with Crippen LogP contribution in [0.1, 0.15) is 13.3 Å². The fourth-order valence-electron chi connectivity index (χ4n) is 2.76. The first-order valence-corrected chi connectivity index (χ1v) is 8.29. The average molecular weight is 338 g/mol. The second-order valence-electron chi connectivity index (χ2n) is 5.59. The Bertz CT molecular complexity index is 1020. The molecule has 24 heavy (non-hydrogen) atoms. The van der Waals surface area contributed by atoms with Gasteiger partial charge in [-0.1, -0.05) is 48.0 Å². The number of rotatable bonds is 4. The second kappa shape index (κ2) is 6.09. The Hall–Kier alpha value is -2.66. The molecule has 0 saturated heterocycles. The number of anilines is 1. The second-order valence-corrected chi connectivity index (χ2v) is 6.02. The number of halogens is 1. The molecule has 0 spiro atoms. The van der Waals surface area contributed by atoms with Gasteiger partial charge in [-0.3, -0.25) is 0 Å². The molecule has 0 unspecified atom stereocenters. The molecule has 0 radical (unpaired) electrons. The molecule has 1 N–H and O–H groups in total. The molecule has 2 aromatic carbocycles. The zero-order valence-electron chi connectivity index (χ0n) is 13.2. The van der Waals surface area contributed by atoms with Crippen molar-refractivity contribution in [1.29, 1.82) is 0 Å². The summed E-state index contributed by atoms with van der Waals surface area (Å²) < 4.78 is 1.78. The van der Waals surface area contributed by atoms with E-state index in [1.54, 1.807) is 4.52 Å². The van der Waals surface area contributed by atoms with E-state index in [0.29, 0.717) is 5.02 Å². The van der Waals surface area contributed by atoms with Crippen molar-refractivity contribution >= 4 is 34.0 Å². The van der Waals surface area contributed by atoms with Crippen LogP contribution in [0, 0.1) is 0 Å². The quantitative estimate of drug-likeness (QED) is 0.599. The van der Waals surface area contributed by atoms with Crippen LogP contribution in [-0.2, 0) is 0 Å². The van der Waals surface area contributed by atoms with Crippen molar-refractivity contribution in [2.45, 2.75) is 13.3 Å². The molecule has 0 saturated carbocycles. The number of aromatic nitrogens is 4. The number of benzene rings is 2. The summed E-state index contributed by atoms with van der Waals surface area (Å²) in [7, 11) is 0. The van der Waals surface area contributed by atoms with Gasteiger partial charge in [0.25, 0.3) is 0 Å². The maximum atomic E-state index is 6.12. The van der Waals surface area contributed by atoms with Crippen molar-refractivity contribution in [2.24, 2.45) is 0 Å². The molecular weight excluding hydrogens is 322 g/mol. The topological polar surface area (TPSA) is 55.1 Å². The predicted molar refractivity (Wildman–Crippen MR) is 97.5 cm³/mol. The van der Waals surface area contributed by atoms with Crippen LogP contribution >= 0.6 is 11.6 Å². The summed E-state index contributed by atoms with van der Waals surface area (Å²) in [4.78, 5) is 4.79. The highest BCUT2D eigenvalue weighted by atomic mass is 35.5. The van der Waals surface area contributed by atoms with Crippen molar-refractivity contribution in [3.05, 3.63) is 53.6 Å². The van der Waals surface area contributed by atoms with Crippen LogP contribution < -0.4 is 5.32 Å². The molecule has 2 heterocycles. The summed E-state index contributed by atoms with van der Waals surface area (Å²) in [5.74, 6) is 0.852. The highest BCUT2D eigenvalue weighted by Gasteiger charge is 2.15. The van der Waals surface area contributed by atoms with Crippen molar-refractivity contribution in [1.82, 2.24) is 19.8 Å². The minimum Gasteiger partial charge on any atom is -0.369 e. The Morgan fingerprint density at radius 2 is 2.00 bits per heavy atom. The maximum Gasteiger partial charge on any atom is 0.186 e. The highest BCUT2D eigenvalue weighted by Crippen LogP contribution is 2.28. The summed E-state index contributed by atoms with van der Waals surface area (Å²) in [5.41, 5.74) is 3.32. The molecule has 5 nitrogen and oxygen atoms in total. The molecule has 0 fully saturated rings. The van der Waals surface area contributed by atoms with E-state index >= 15 is 0 Å². The van der Waals surface area contributed by atoms with Crippen LogP contribution in [-0.4, -0.2) is 26.4 Å². The Balaban J connectivity index is 2.00. The molecule has 0 atom stereocenters. The van der Waals surface area contributed by atoms with Gasteiger partial charge in [-0.2, -0.15) is 4.52 Å². The Labute approximate surface area is 144 Å². The summed E-state index contributed by atoms with van der Waals surface area (Å²) in [6, 6.07) is 15.6. The van der Waals surface area contributed by atoms with Crippen LogP contribution in [0.15, 0.2) is 48.5 Å². The van der Waals surface area contributed by atoms with Crippen LogP contribution in [0.25, 0.3) is 27.8 Å². The summed E-state index contributed by atoms with van der Waals surface area (Å²) >= 11 is 6.12. The largest absolute Gasteiger partial charge is 0.369 e. The molecular formula is C18H16ClN5. The van der Waals surface area contributed by atoms with Crippen molar-refractivity contribution < 1.29 is 0 Å². The van der Waals surface area contributed by atoms with E-state index in [2.05, 4.69) is 22.6 Å². The standard InChI is InChI=1S/C18H16ClN5/c1-2-10-20-17-14-8-3-4-9-15(14)24-18(21-17)16(22-23-24)12-6-5-7-13(19)11-12/h3-9,11H,2,10H2,1H3,(H,20,21). The molecule has 0 amide bonds. The minimum absolute atomic E-state index is 0.666. The van der Waals surface area contributed by atoms with Gasteiger partial charge in [0.2, 0.25) is 0 Å². The van der Waals surface area contributed by atoms with Gasteiger partial charge < -0.3 is 5.32 Å². The molecule has 0 aliphatic carbocycles. The Kier molecular flexibility index (Phi) is 3.78. The van der Waals surface area contributed by atoms with E-state index in [-0.39, 0.29) is 0 Å². The van der Waals surface area contributed by atoms with Gasteiger partial charge in [0, 0.05) is 22.5 Å². The van der Waals surface area contributed by atoms with Crippen LogP contribution in [0.5, 0.6) is 0 Å². The molecule has 0 bridgehead atoms. The zero-order chi connectivity index (χ0) is 16.5. The lowest BCUT2D eigenvalue weighted by Crippen LogP contribution is -2.05. The van der Waals surface area contributed by atoms with Gasteiger partial charge in [0.1, 0.15) is 11.5 Å². The van der Waals surface area contributed by atoms with Crippen LogP contribution in [0.3, 0.4) is 0 Å². The van der Waals surface area contributed by atoms with Gasteiger partial charge in [-0.15, -0.1) is 5.10 Å². The third-order valence-electron chi connectivity index (χ3n) is 3.89. The summed E-state index contributed by atoms with van der Waals surface area (Å²) in [6.45, 7) is 2.99. The van der Waals surface area contributed by atoms with Crippen molar-refractivity contribution in [3.8, 4) is 11.3 Å². The van der Waals surface area contributed by atoms with Crippen molar-refractivity contribution in [2.75, 3.05) is 11.9 Å². The van der Waals surface area contributed by atoms with E-state index < -0.39 is 0 Å². The van der Waals surface area contributed by atoms with E-state index in [9.17, 15) is 0 Å². The summed E-state index contributed by atoms with van der Waals surface area (Å²) in [5, 5.41) is 13.7. The number of para-hydroxylation sites is 1. The Morgan fingerprint density at radius 1 is 1.12 bits per heavy atom. The molecule has 0 aliphatic heterocycles. The first kappa shape index (κ1) is 14.9. The summed E-state index contributed by atoms with van der Waals surface area (Å²) in [6.07, 6.45) is 1.03. The molecule has 120 valence electrons. The lowest BCUT2D eigenvalue weighted by molar-refractivity contribution is 0.875. The van der Waals surface area contributed by atoms with E-state index in [4.69, 9.17) is 16.6 Å². The first-order chi connectivity index (χ1) is 11.8. The minimum atomic E-state index is 0.666. The molecule has 0 aliphatic rings. The van der Waals surface area contributed by atoms with Crippen molar-refractivity contribution in [3.63, 3.8) is 0 Å². The van der Waals surface area contributed by atoms with E-state index in [1.165, 1.54) is 0 Å². The maximum absolute atomic E-state index is 6.12. The highest BCUT2D eigenvalue weighted by molar-refractivity contribution is 6.30. The average Bonchev–Trinajstić information content (AvgIpc) is 3.04. The number of nitrogens with zero attached hydrogens (tertiary/aromatic N) is 4. The van der Waals surface area contributed by atoms with Gasteiger partial charge >= 0.3 is 0 Å². The van der Waals surface area contributed by atoms with Gasteiger partial charge in [-0.25, -0.2) is 4.98 Å². The van der Waals surface area contributed by atoms with Gasteiger partial charge in [0.15, 0.2) is 5.65 Å². The number of hydrogen-bond acceptors (Lipinski definition) is 4. The van der Waals surface area contributed by atoms with Crippen LogP contribution in [0.4, 0.5) is 5.82 Å². The fourth-order valence-corrected chi connectivity index (χ4v) is 2.96. The Morgan fingerprint density at radius 3 is 2.83 bits per heavy atom. The third kappa shape index (κ3) is 2.47. The van der Waals surface area contributed by atoms with Gasteiger partial charge in [0.05, 0.1) is 5.52 Å². The molecule has 4 aromatic rings. The molecule has 4 rings (SSSR count). The number of nitrogens with one attached hydrogen (secondary N) is 1. The third-order valence-corrected chi connectivity index (χ3v) is 4.13. The monoisotopic (exact) mass is 337 g/mol. The SMILES string of the molecule is CCCNc1nc2c(-c3cccc(Cl)c3)nnn2c2ccccc12. The normalized spacial score (nSPS) is 11.2. The molecule has 2 aromatic heterocycles. The predicted octanol–water partition coefficient (Wildman–Crippen LogP) is 4.42. The first-order valence-electron chi connectivity index (χ1n) is 7.92. The van der Waals surface area contributed by atoms with E-state index in [1.807, 2.05) is 48.5 Å². The lowest BCUT2D eigenvalue weighted by atomic mass is 10.1. The fraction of sp³-hybridized carbons (Fsp3) is 0.167. The lowest BCUT2D eigenvalue weighted by Gasteiger charge is -2.09. The smallest absolute Gasteiger partial charge is 0.186 e. The van der Waals surface area contributed by atoms with Gasteiger partial charge in [-0.05, 0) is 30.7 Å². The zero-order valence-corrected chi connectivity index (χ0v) is 14.0. The number of hydrogen-bond donors (Lipinski definition) is 1. The van der Waals surface area contributed by atoms with E-state index in [0.717, 1.165) is 46.6 Å².